The molecule has 2 N–H and O–H groups in total. The first-order valence-electron chi connectivity index (χ1n) is 7.00. The summed E-state index contributed by atoms with van der Waals surface area (Å²) in [5, 5.41) is 19.4. The number of H-pyrrole nitrogens is 1. The van der Waals surface area contributed by atoms with Gasteiger partial charge in [0.15, 0.2) is 0 Å². The van der Waals surface area contributed by atoms with Gasteiger partial charge in [0, 0.05) is 31.3 Å². The van der Waals surface area contributed by atoms with Gasteiger partial charge in [-0.15, -0.1) is 0 Å². The van der Waals surface area contributed by atoms with E-state index in [0.29, 0.717) is 17.1 Å². The maximum Gasteiger partial charge on any atom is 0.268 e. The molecule has 21 heavy (non-hydrogen) atoms. The van der Waals surface area contributed by atoms with Crippen molar-refractivity contribution in [2.45, 2.75) is 12.8 Å². The van der Waals surface area contributed by atoms with Crippen molar-refractivity contribution < 1.29 is 5.11 Å². The normalized spacial score (nSPS) is 16.1. The Morgan fingerprint density at radius 1 is 1.48 bits per heavy atom. The van der Waals surface area contributed by atoms with E-state index >= 15 is 0 Å². The fraction of sp³-hybridized carbons (Fsp3) is 0.400. The number of aliphatic hydroxyl groups excluding tert-OH is 1. The first-order valence-corrected chi connectivity index (χ1v) is 7.00. The summed E-state index contributed by atoms with van der Waals surface area (Å²) >= 11 is 0. The van der Waals surface area contributed by atoms with E-state index in [1.165, 1.54) is 0 Å². The molecule has 108 valence electrons. The molecule has 1 saturated heterocycles. The smallest absolute Gasteiger partial charge is 0.268 e. The van der Waals surface area contributed by atoms with Crippen molar-refractivity contribution in [2.75, 3.05) is 24.6 Å². The van der Waals surface area contributed by atoms with E-state index in [2.05, 4.69) is 14.9 Å². The summed E-state index contributed by atoms with van der Waals surface area (Å²) in [6.07, 6.45) is 4.98. The van der Waals surface area contributed by atoms with E-state index in [4.69, 9.17) is 0 Å². The predicted molar refractivity (Wildman–Crippen MR) is 79.1 cm³/mol. The summed E-state index contributed by atoms with van der Waals surface area (Å²) in [7, 11) is 0. The second-order valence-corrected chi connectivity index (χ2v) is 5.32. The Kier molecular flexibility index (Phi) is 3.59. The zero-order chi connectivity index (χ0) is 14.8. The molecule has 3 heterocycles. The molecule has 0 aliphatic carbocycles. The maximum absolute atomic E-state index is 12.1. The molecule has 0 saturated carbocycles. The second-order valence-electron chi connectivity index (χ2n) is 5.32. The van der Waals surface area contributed by atoms with Crippen LogP contribution in [0.3, 0.4) is 0 Å². The highest BCUT2D eigenvalue weighted by Gasteiger charge is 2.23. The number of rotatable bonds is 2. The molecule has 6 nitrogen and oxygen atoms in total. The van der Waals surface area contributed by atoms with E-state index in [0.717, 1.165) is 31.3 Å². The third kappa shape index (κ3) is 2.36. The number of aliphatic hydroxyl groups is 1. The first kappa shape index (κ1) is 13.6. The van der Waals surface area contributed by atoms with Crippen LogP contribution in [-0.2, 0) is 0 Å². The summed E-state index contributed by atoms with van der Waals surface area (Å²) in [5.74, 6) is 0.307. The van der Waals surface area contributed by atoms with Crippen molar-refractivity contribution >= 4 is 16.6 Å². The van der Waals surface area contributed by atoms with Gasteiger partial charge in [-0.1, -0.05) is 0 Å². The van der Waals surface area contributed by atoms with E-state index in [1.807, 2.05) is 12.1 Å². The number of nitrogens with one attached hydrogen (secondary N) is 1. The van der Waals surface area contributed by atoms with Gasteiger partial charge >= 0.3 is 0 Å². The average molecular weight is 284 g/mol. The lowest BCUT2D eigenvalue weighted by Gasteiger charge is -2.33. The summed E-state index contributed by atoms with van der Waals surface area (Å²) in [6.45, 7) is 1.67. The maximum atomic E-state index is 12.1. The number of hydrogen-bond acceptors (Lipinski definition) is 5. The van der Waals surface area contributed by atoms with Gasteiger partial charge in [0.2, 0.25) is 0 Å². The fourth-order valence-corrected chi connectivity index (χ4v) is 2.90. The number of fused-ring (bicyclic) bond motifs is 1. The lowest BCUT2D eigenvalue weighted by molar-refractivity contribution is 0.203. The molecule has 1 aliphatic heterocycles. The summed E-state index contributed by atoms with van der Waals surface area (Å²) < 4.78 is 0. The second kappa shape index (κ2) is 5.54. The highest BCUT2D eigenvalue weighted by atomic mass is 16.3. The van der Waals surface area contributed by atoms with Crippen molar-refractivity contribution in [3.05, 3.63) is 34.4 Å². The minimum absolute atomic E-state index is 0.149. The van der Waals surface area contributed by atoms with Crippen molar-refractivity contribution in [3.8, 4) is 6.07 Å². The standard InChI is InChI=1S/C15H16N4O2/c16-7-12-14(19-5-2-10(9-20)3-6-19)11-1-4-17-8-13(11)18-15(12)21/h1,4,8,10,20H,2-3,5-6,9H2,(H,18,21). The van der Waals surface area contributed by atoms with Gasteiger partial charge in [-0.05, 0) is 24.8 Å². The molecule has 2 aromatic rings. The third-order valence-electron chi connectivity index (χ3n) is 4.09. The largest absolute Gasteiger partial charge is 0.396 e. The molecule has 0 amide bonds. The Hall–Kier alpha value is -2.39. The minimum atomic E-state index is -0.378. The molecule has 0 radical (unpaired) electrons. The number of aromatic amines is 1. The van der Waals surface area contributed by atoms with E-state index < -0.39 is 0 Å². The van der Waals surface area contributed by atoms with Crippen LogP contribution in [0.4, 0.5) is 5.69 Å². The summed E-state index contributed by atoms with van der Waals surface area (Å²) in [4.78, 5) is 20.9. The Morgan fingerprint density at radius 2 is 2.24 bits per heavy atom. The van der Waals surface area contributed by atoms with Gasteiger partial charge in [-0.3, -0.25) is 9.78 Å². The van der Waals surface area contributed by atoms with Crippen LogP contribution in [0.25, 0.3) is 10.9 Å². The topological polar surface area (TPSA) is 93.0 Å². The van der Waals surface area contributed by atoms with Crippen LogP contribution < -0.4 is 10.5 Å². The predicted octanol–water partition coefficient (Wildman–Crippen LogP) is 1.00. The zero-order valence-corrected chi connectivity index (χ0v) is 11.5. The Labute approximate surface area is 121 Å². The van der Waals surface area contributed by atoms with Crippen molar-refractivity contribution in [3.63, 3.8) is 0 Å². The van der Waals surface area contributed by atoms with Gasteiger partial charge in [0.05, 0.1) is 17.4 Å². The van der Waals surface area contributed by atoms with Gasteiger partial charge < -0.3 is 15.0 Å². The van der Waals surface area contributed by atoms with Gasteiger partial charge in [0.25, 0.3) is 5.56 Å². The van der Waals surface area contributed by atoms with Crippen molar-refractivity contribution in [2.24, 2.45) is 5.92 Å². The summed E-state index contributed by atoms with van der Waals surface area (Å²) in [5.41, 5.74) is 1.10. The Balaban J connectivity index is 2.13. The highest BCUT2D eigenvalue weighted by molar-refractivity contribution is 5.93. The molecule has 6 heteroatoms. The number of nitriles is 1. The number of nitrogens with zero attached hydrogens (tertiary/aromatic N) is 3. The van der Waals surface area contributed by atoms with Crippen LogP contribution in [0.2, 0.25) is 0 Å². The van der Waals surface area contributed by atoms with E-state index in [1.54, 1.807) is 12.4 Å². The third-order valence-corrected chi connectivity index (χ3v) is 4.09. The number of hydrogen-bond donors (Lipinski definition) is 2. The molecule has 2 aromatic heterocycles. The van der Waals surface area contributed by atoms with E-state index in [-0.39, 0.29) is 17.7 Å². The quantitative estimate of drug-likeness (QED) is 0.858. The van der Waals surface area contributed by atoms with Crippen LogP contribution in [0.15, 0.2) is 23.3 Å². The van der Waals surface area contributed by atoms with Crippen LogP contribution >= 0.6 is 0 Å². The average Bonchev–Trinajstić information content (AvgIpc) is 2.53. The van der Waals surface area contributed by atoms with Crippen LogP contribution in [0, 0.1) is 17.2 Å². The van der Waals surface area contributed by atoms with Crippen molar-refractivity contribution in [1.29, 1.82) is 5.26 Å². The van der Waals surface area contributed by atoms with Crippen LogP contribution in [0.1, 0.15) is 18.4 Å². The Bertz CT molecular complexity index is 754. The molecule has 0 unspecified atom stereocenters. The minimum Gasteiger partial charge on any atom is -0.396 e. The Morgan fingerprint density at radius 3 is 2.90 bits per heavy atom. The molecule has 1 fully saturated rings. The van der Waals surface area contributed by atoms with Gasteiger partial charge in [0.1, 0.15) is 11.6 Å². The lowest BCUT2D eigenvalue weighted by atomic mass is 9.96. The van der Waals surface area contributed by atoms with Crippen molar-refractivity contribution in [1.82, 2.24) is 9.97 Å². The number of pyridine rings is 2. The number of piperidine rings is 1. The van der Waals surface area contributed by atoms with E-state index in [9.17, 15) is 15.2 Å². The zero-order valence-electron chi connectivity index (χ0n) is 11.5. The number of anilines is 1. The number of aromatic nitrogens is 2. The molecule has 3 rings (SSSR count). The highest BCUT2D eigenvalue weighted by Crippen LogP contribution is 2.30. The molecule has 0 spiro atoms. The van der Waals surface area contributed by atoms with Crippen LogP contribution in [0.5, 0.6) is 0 Å². The molecular formula is C15H16N4O2. The fourth-order valence-electron chi connectivity index (χ4n) is 2.90. The monoisotopic (exact) mass is 284 g/mol. The molecule has 0 atom stereocenters. The molecule has 1 aliphatic rings. The summed E-state index contributed by atoms with van der Waals surface area (Å²) in [6, 6.07) is 3.84. The first-order chi connectivity index (χ1) is 10.2. The lowest BCUT2D eigenvalue weighted by Crippen LogP contribution is -2.36. The van der Waals surface area contributed by atoms with Gasteiger partial charge in [-0.2, -0.15) is 5.26 Å². The molecule has 0 aromatic carbocycles. The molecule has 0 bridgehead atoms. The van der Waals surface area contributed by atoms with Crippen LogP contribution in [-0.4, -0.2) is 34.8 Å². The molecular weight excluding hydrogens is 268 g/mol. The SMILES string of the molecule is N#Cc1c(N2CCC(CO)CC2)c2ccncc2[nH]c1=O. The van der Waals surface area contributed by atoms with Gasteiger partial charge in [-0.25, -0.2) is 0 Å².